The molecule has 0 spiro atoms. The van der Waals surface area contributed by atoms with Crippen molar-refractivity contribution in [3.63, 3.8) is 0 Å². The first-order chi connectivity index (χ1) is 49.4. The maximum absolute atomic E-state index is 2.48. The van der Waals surface area contributed by atoms with E-state index in [0.717, 1.165) is 22.7 Å². The van der Waals surface area contributed by atoms with E-state index in [1.54, 1.807) is 0 Å². The molecule has 0 bridgehead atoms. The topological polar surface area (TPSA) is 16.3 Å². The highest BCUT2D eigenvalue weighted by Gasteiger charge is 2.39. The molecule has 15 aromatic carbocycles. The van der Waals surface area contributed by atoms with E-state index < -0.39 is 0 Å². The molecule has 0 atom stereocenters. The molecule has 0 saturated heterocycles. The summed E-state index contributed by atoms with van der Waals surface area (Å²) in [4.78, 5) is 4.91. The lowest BCUT2D eigenvalue weighted by Crippen LogP contribution is -2.18. The van der Waals surface area contributed by atoms with Crippen molar-refractivity contribution in [2.24, 2.45) is 0 Å². The molecule has 0 aliphatic heterocycles. The predicted octanol–water partition coefficient (Wildman–Crippen LogP) is 26.2. The van der Waals surface area contributed by atoms with Gasteiger partial charge in [-0.2, -0.15) is 0 Å². The molecule has 0 amide bonds. The smallest absolute Gasteiger partial charge is 0.0542 e. The van der Waals surface area contributed by atoms with Gasteiger partial charge in [0.05, 0.1) is 27.8 Å². The number of rotatable bonds is 9. The van der Waals surface area contributed by atoms with Crippen molar-refractivity contribution in [1.82, 2.24) is 9.13 Å². The predicted molar refractivity (Wildman–Crippen MR) is 427 cm³/mol. The molecule has 3 aliphatic carbocycles. The zero-order valence-corrected chi connectivity index (χ0v) is 57.6. The summed E-state index contributed by atoms with van der Waals surface area (Å²) in [5, 5.41) is 7.47. The molecule has 0 radical (unpaired) electrons. The van der Waals surface area contributed by atoms with Crippen molar-refractivity contribution < 1.29 is 0 Å². The third-order valence-corrected chi connectivity index (χ3v) is 22.6. The summed E-state index contributed by atoms with van der Waals surface area (Å²) in [6.07, 6.45) is 0. The Bertz CT molecular complexity index is 6080. The molecular formula is C97H74N4. The molecule has 4 nitrogen and oxygen atoms in total. The Balaban J connectivity index is 0.000000140. The van der Waals surface area contributed by atoms with Crippen molar-refractivity contribution in [3.05, 3.63) is 373 Å². The molecular weight excluding hydrogens is 1220 g/mol. The summed E-state index contributed by atoms with van der Waals surface area (Å²) in [6.45, 7) is 14.2. The Labute approximate surface area is 590 Å². The fourth-order valence-corrected chi connectivity index (χ4v) is 17.6. The zero-order valence-electron chi connectivity index (χ0n) is 57.6. The second-order valence-electron chi connectivity index (χ2n) is 29.2. The molecule has 4 heteroatoms. The van der Waals surface area contributed by atoms with Crippen LogP contribution in [-0.2, 0) is 16.2 Å². The molecule has 0 saturated carbocycles. The van der Waals surface area contributed by atoms with Crippen LogP contribution in [0, 0.1) is 0 Å². The number of hydrogen-bond acceptors (Lipinski definition) is 2. The standard InChI is InChI=1S/C49H36N2.C48H38N2/c1-49(2)44-23-13-11-20-39(44)40-27-26-36(32-45(40)49)50(34-15-5-3-6-16-34)47-30-28-37(38-19-9-10-21-41(38)47)33-25-29-48-43(31-33)42-22-12-14-24-46(42)51(48)35-17-7-4-8-18-35;1-47(2)41-19-11-8-16-35(41)37-25-22-33(29-43(37)47)49(34-23-26-38-36-17-9-12-20-42(36)48(3,4)44(38)30-34)32-24-27-46-40(28-32)39-18-10-13-21-45(39)50(46)31-14-6-5-7-15-31/h3-32H,1-2H3;5-30H,1-4H3. The van der Waals surface area contributed by atoms with Gasteiger partial charge in [0, 0.05) is 83.0 Å². The molecule has 20 rings (SSSR count). The van der Waals surface area contributed by atoms with Gasteiger partial charge in [-0.25, -0.2) is 0 Å². The van der Waals surface area contributed by atoms with Gasteiger partial charge in [-0.15, -0.1) is 0 Å². The van der Waals surface area contributed by atoms with Gasteiger partial charge in [-0.05, 0) is 205 Å². The van der Waals surface area contributed by atoms with Crippen LogP contribution in [-0.4, -0.2) is 9.13 Å². The fourth-order valence-electron chi connectivity index (χ4n) is 17.6. The van der Waals surface area contributed by atoms with Gasteiger partial charge in [-0.1, -0.05) is 260 Å². The maximum atomic E-state index is 2.48. The van der Waals surface area contributed by atoms with Crippen LogP contribution in [0.1, 0.15) is 74.9 Å². The van der Waals surface area contributed by atoms with Crippen LogP contribution in [0.2, 0.25) is 0 Å². The summed E-state index contributed by atoms with van der Waals surface area (Å²) >= 11 is 0. The van der Waals surface area contributed by atoms with E-state index in [1.165, 1.54) is 155 Å². The first-order valence-electron chi connectivity index (χ1n) is 35.5. The van der Waals surface area contributed by atoms with E-state index in [2.05, 4.69) is 400 Å². The van der Waals surface area contributed by atoms with Gasteiger partial charge in [0.1, 0.15) is 0 Å². The lowest BCUT2D eigenvalue weighted by atomic mass is 9.82. The van der Waals surface area contributed by atoms with Crippen LogP contribution < -0.4 is 9.80 Å². The molecule has 0 fully saturated rings. The summed E-state index contributed by atoms with van der Waals surface area (Å²) in [7, 11) is 0. The molecule has 2 heterocycles. The summed E-state index contributed by atoms with van der Waals surface area (Å²) in [5.41, 5.74) is 32.6. The van der Waals surface area contributed by atoms with E-state index >= 15 is 0 Å². The molecule has 3 aliphatic rings. The SMILES string of the molecule is CC1(C)c2ccccc2-c2ccc(N(c3ccc4c(c3)C(C)(C)c3ccccc3-4)c3ccc4c(c3)c3ccccc3n4-c3ccccc3)cc21.CC1(C)c2ccccc2-c2ccc(N(c3ccccc3)c3ccc(-c4ccc5c(c4)c4ccccc4n5-c4ccccc4)c4ccccc34)cc21. The molecule has 2 aromatic heterocycles. The van der Waals surface area contributed by atoms with Crippen molar-refractivity contribution in [2.75, 3.05) is 9.80 Å². The largest absolute Gasteiger partial charge is 0.310 e. The van der Waals surface area contributed by atoms with Crippen LogP contribution >= 0.6 is 0 Å². The van der Waals surface area contributed by atoms with Gasteiger partial charge in [0.25, 0.3) is 0 Å². The van der Waals surface area contributed by atoms with Crippen molar-refractivity contribution in [2.45, 2.75) is 57.8 Å². The monoisotopic (exact) mass is 1290 g/mol. The zero-order chi connectivity index (χ0) is 67.9. The van der Waals surface area contributed by atoms with Gasteiger partial charge in [-0.3, -0.25) is 0 Å². The Morgan fingerprint density at radius 3 is 1.03 bits per heavy atom. The van der Waals surface area contributed by atoms with Crippen molar-refractivity contribution in [1.29, 1.82) is 0 Å². The minimum atomic E-state index is -0.0950. The van der Waals surface area contributed by atoms with Gasteiger partial charge in [0.15, 0.2) is 0 Å². The minimum absolute atomic E-state index is 0.0848. The van der Waals surface area contributed by atoms with Crippen LogP contribution in [0.4, 0.5) is 34.1 Å². The van der Waals surface area contributed by atoms with Gasteiger partial charge in [0.2, 0.25) is 0 Å². The Morgan fingerprint density at radius 1 is 0.208 bits per heavy atom. The molecule has 101 heavy (non-hydrogen) atoms. The van der Waals surface area contributed by atoms with E-state index in [9.17, 15) is 0 Å². The molecule has 482 valence electrons. The lowest BCUT2D eigenvalue weighted by molar-refractivity contribution is 0.660. The average Bonchev–Trinajstić information content (AvgIpc) is 1.61. The van der Waals surface area contributed by atoms with Crippen molar-refractivity contribution in [3.8, 4) is 55.9 Å². The lowest BCUT2D eigenvalue weighted by Gasteiger charge is -2.30. The van der Waals surface area contributed by atoms with Gasteiger partial charge < -0.3 is 18.9 Å². The Hall–Kier alpha value is -12.2. The number of benzene rings is 15. The van der Waals surface area contributed by atoms with Gasteiger partial charge >= 0.3 is 0 Å². The molecule has 17 aromatic rings. The van der Waals surface area contributed by atoms with E-state index in [4.69, 9.17) is 0 Å². The number of hydrogen-bond donors (Lipinski definition) is 0. The summed E-state index contributed by atoms with van der Waals surface area (Å²) < 4.78 is 4.77. The van der Waals surface area contributed by atoms with E-state index in [0.29, 0.717) is 0 Å². The van der Waals surface area contributed by atoms with Crippen molar-refractivity contribution >= 4 is 88.5 Å². The quantitative estimate of drug-likeness (QED) is 0.143. The Kier molecular flexibility index (Phi) is 13.6. The number of para-hydroxylation sites is 5. The first kappa shape index (κ1) is 60.0. The minimum Gasteiger partial charge on any atom is -0.310 e. The normalized spacial score (nSPS) is 13.9. The third-order valence-electron chi connectivity index (χ3n) is 22.6. The number of fused-ring (bicyclic) bond motifs is 16. The highest BCUT2D eigenvalue weighted by Crippen LogP contribution is 2.55. The second-order valence-corrected chi connectivity index (χ2v) is 29.2. The number of nitrogens with zero attached hydrogens (tertiary/aromatic N) is 4. The summed E-state index contributed by atoms with van der Waals surface area (Å²) in [6, 6.07) is 125. The maximum Gasteiger partial charge on any atom is 0.0542 e. The average molecular weight is 1300 g/mol. The summed E-state index contributed by atoms with van der Waals surface area (Å²) in [5.74, 6) is 0. The number of aromatic nitrogens is 2. The van der Waals surface area contributed by atoms with E-state index in [1.807, 2.05) is 0 Å². The highest BCUT2D eigenvalue weighted by molar-refractivity contribution is 6.14. The third kappa shape index (κ3) is 9.28. The number of anilines is 6. The van der Waals surface area contributed by atoms with Crippen LogP contribution in [0.25, 0.3) is 110 Å². The highest BCUT2D eigenvalue weighted by atomic mass is 15.2. The van der Waals surface area contributed by atoms with Crippen LogP contribution in [0.3, 0.4) is 0 Å². The first-order valence-corrected chi connectivity index (χ1v) is 35.5. The second kappa shape index (κ2) is 22.9. The van der Waals surface area contributed by atoms with Crippen LogP contribution in [0.15, 0.2) is 340 Å². The Morgan fingerprint density at radius 2 is 0.545 bits per heavy atom. The van der Waals surface area contributed by atoms with Crippen LogP contribution in [0.5, 0.6) is 0 Å². The fraction of sp³-hybridized carbons (Fsp3) is 0.0928. The molecule has 0 unspecified atom stereocenters. The molecule has 0 N–H and O–H groups in total. The van der Waals surface area contributed by atoms with E-state index in [-0.39, 0.29) is 16.2 Å².